The van der Waals surface area contributed by atoms with E-state index in [1.165, 1.54) is 5.56 Å². The molecule has 0 aliphatic heterocycles. The van der Waals surface area contributed by atoms with Crippen LogP contribution in [0.5, 0.6) is 11.5 Å². The van der Waals surface area contributed by atoms with E-state index in [2.05, 4.69) is 19.1 Å². The molecule has 158 valence electrons. The van der Waals surface area contributed by atoms with Gasteiger partial charge in [0.1, 0.15) is 11.5 Å². The first-order valence-electron chi connectivity index (χ1n) is 10.6. The van der Waals surface area contributed by atoms with E-state index in [1.54, 1.807) is 11.7 Å². The number of fused-ring (bicyclic) bond motifs is 1. The fraction of sp³-hybridized carbons (Fsp3) is 0.222. The van der Waals surface area contributed by atoms with E-state index >= 15 is 0 Å². The molecule has 4 heteroatoms. The average molecular weight is 414 g/mol. The van der Waals surface area contributed by atoms with Crippen molar-refractivity contribution in [3.63, 3.8) is 0 Å². The Kier molecular flexibility index (Phi) is 6.08. The summed E-state index contributed by atoms with van der Waals surface area (Å²) in [5.74, 6) is 1.59. The summed E-state index contributed by atoms with van der Waals surface area (Å²) in [5, 5.41) is 1.15. The molecule has 0 N–H and O–H groups in total. The molecule has 3 aromatic carbocycles. The number of hydrogen-bond donors (Lipinski definition) is 0. The van der Waals surface area contributed by atoms with Crippen molar-refractivity contribution in [1.29, 1.82) is 0 Å². The summed E-state index contributed by atoms with van der Waals surface area (Å²) in [6.07, 6.45) is 1.69. The van der Waals surface area contributed by atoms with Gasteiger partial charge in [-0.1, -0.05) is 37.3 Å². The van der Waals surface area contributed by atoms with Crippen LogP contribution in [-0.2, 0) is 12.8 Å². The number of benzene rings is 3. The quantitative estimate of drug-likeness (QED) is 0.383. The molecule has 4 rings (SSSR count). The largest absolute Gasteiger partial charge is 0.496 e. The second-order valence-corrected chi connectivity index (χ2v) is 7.56. The molecule has 0 spiro atoms. The second kappa shape index (κ2) is 9.09. The van der Waals surface area contributed by atoms with Gasteiger partial charge in [0.05, 0.1) is 19.2 Å². The SMILES string of the molecule is CCc1cccc2c1cc(C)n2C(=O)c1ccc(OCCc2ccccc2OC)cc1. The lowest BCUT2D eigenvalue weighted by molar-refractivity contribution is 0.0963. The summed E-state index contributed by atoms with van der Waals surface area (Å²) >= 11 is 0. The Balaban J connectivity index is 1.48. The zero-order valence-electron chi connectivity index (χ0n) is 18.2. The second-order valence-electron chi connectivity index (χ2n) is 7.56. The van der Waals surface area contributed by atoms with Gasteiger partial charge in [0.2, 0.25) is 0 Å². The lowest BCUT2D eigenvalue weighted by atomic mass is 10.1. The van der Waals surface area contributed by atoms with Gasteiger partial charge in [-0.05, 0) is 66.9 Å². The van der Waals surface area contributed by atoms with Crippen LogP contribution >= 0.6 is 0 Å². The number of rotatable bonds is 7. The number of hydrogen-bond acceptors (Lipinski definition) is 3. The summed E-state index contributed by atoms with van der Waals surface area (Å²) in [5.41, 5.74) is 4.90. The Morgan fingerprint density at radius 2 is 1.68 bits per heavy atom. The van der Waals surface area contributed by atoms with Crippen molar-refractivity contribution >= 4 is 16.8 Å². The van der Waals surface area contributed by atoms with E-state index in [0.29, 0.717) is 12.2 Å². The summed E-state index contributed by atoms with van der Waals surface area (Å²) in [6, 6.07) is 23.6. The van der Waals surface area contributed by atoms with Crippen LogP contribution in [0.25, 0.3) is 10.9 Å². The maximum Gasteiger partial charge on any atom is 0.262 e. The zero-order valence-corrected chi connectivity index (χ0v) is 18.2. The van der Waals surface area contributed by atoms with Crippen LogP contribution in [0.1, 0.15) is 34.1 Å². The van der Waals surface area contributed by atoms with Crippen molar-refractivity contribution in [2.75, 3.05) is 13.7 Å². The standard InChI is InChI=1S/C27H27NO3/c1-4-20-9-7-10-25-24(20)18-19(2)28(25)27(29)22-12-14-23(15-13-22)31-17-16-21-8-5-6-11-26(21)30-3/h5-15,18H,4,16-17H2,1-3H3. The van der Waals surface area contributed by atoms with Crippen molar-refractivity contribution in [3.8, 4) is 11.5 Å². The molecule has 0 unspecified atom stereocenters. The van der Waals surface area contributed by atoms with E-state index < -0.39 is 0 Å². The summed E-state index contributed by atoms with van der Waals surface area (Å²) in [7, 11) is 1.67. The first-order valence-corrected chi connectivity index (χ1v) is 10.6. The van der Waals surface area contributed by atoms with Crippen molar-refractivity contribution in [2.45, 2.75) is 26.7 Å². The van der Waals surface area contributed by atoms with Crippen LogP contribution in [0.15, 0.2) is 72.8 Å². The predicted octanol–water partition coefficient (Wildman–Crippen LogP) is 5.83. The zero-order chi connectivity index (χ0) is 21.8. The third kappa shape index (κ3) is 4.19. The van der Waals surface area contributed by atoms with E-state index in [0.717, 1.165) is 46.5 Å². The van der Waals surface area contributed by atoms with Gasteiger partial charge in [0.25, 0.3) is 5.91 Å². The molecule has 0 saturated heterocycles. The first-order chi connectivity index (χ1) is 15.1. The first kappa shape index (κ1) is 20.7. The Morgan fingerprint density at radius 1 is 0.935 bits per heavy atom. The van der Waals surface area contributed by atoms with E-state index in [4.69, 9.17) is 9.47 Å². The van der Waals surface area contributed by atoms with Gasteiger partial charge in [-0.25, -0.2) is 0 Å². The number of aromatic nitrogens is 1. The van der Waals surface area contributed by atoms with Gasteiger partial charge in [-0.2, -0.15) is 0 Å². The van der Waals surface area contributed by atoms with Gasteiger partial charge >= 0.3 is 0 Å². The third-order valence-electron chi connectivity index (χ3n) is 5.64. The van der Waals surface area contributed by atoms with Crippen LogP contribution in [0.2, 0.25) is 0 Å². The molecule has 31 heavy (non-hydrogen) atoms. The van der Waals surface area contributed by atoms with Gasteiger partial charge in [0, 0.05) is 23.1 Å². The van der Waals surface area contributed by atoms with Crippen LogP contribution < -0.4 is 9.47 Å². The maximum atomic E-state index is 13.2. The van der Waals surface area contributed by atoms with Crippen molar-refractivity contribution < 1.29 is 14.3 Å². The fourth-order valence-corrected chi connectivity index (χ4v) is 4.01. The Morgan fingerprint density at radius 3 is 2.42 bits per heavy atom. The minimum absolute atomic E-state index is 0.0266. The fourth-order valence-electron chi connectivity index (χ4n) is 4.01. The van der Waals surface area contributed by atoms with Crippen molar-refractivity contribution in [3.05, 3.63) is 95.2 Å². The van der Waals surface area contributed by atoms with Gasteiger partial charge in [-0.15, -0.1) is 0 Å². The maximum absolute atomic E-state index is 13.2. The average Bonchev–Trinajstić information content (AvgIpc) is 3.15. The minimum Gasteiger partial charge on any atom is -0.496 e. The van der Waals surface area contributed by atoms with E-state index in [-0.39, 0.29) is 5.91 Å². The Labute approximate surface area is 183 Å². The number of carbonyl (C=O) groups is 1. The number of para-hydroxylation sites is 1. The van der Waals surface area contributed by atoms with Crippen molar-refractivity contribution in [1.82, 2.24) is 4.57 Å². The molecule has 0 atom stereocenters. The molecule has 0 aliphatic rings. The highest BCUT2D eigenvalue weighted by molar-refractivity contribution is 6.03. The summed E-state index contributed by atoms with van der Waals surface area (Å²) < 4.78 is 13.1. The smallest absolute Gasteiger partial charge is 0.262 e. The summed E-state index contributed by atoms with van der Waals surface area (Å²) in [6.45, 7) is 4.65. The van der Waals surface area contributed by atoms with Gasteiger partial charge < -0.3 is 9.47 Å². The molecule has 0 radical (unpaired) electrons. The van der Waals surface area contributed by atoms with Crippen LogP contribution in [0.4, 0.5) is 0 Å². The number of aryl methyl sites for hydroxylation is 2. The van der Waals surface area contributed by atoms with E-state index in [1.807, 2.05) is 67.6 Å². The van der Waals surface area contributed by atoms with Gasteiger partial charge in [0.15, 0.2) is 0 Å². The lowest BCUT2D eigenvalue weighted by Gasteiger charge is -2.11. The van der Waals surface area contributed by atoms with E-state index in [9.17, 15) is 4.79 Å². The molecule has 4 aromatic rings. The highest BCUT2D eigenvalue weighted by atomic mass is 16.5. The molecule has 0 amide bonds. The van der Waals surface area contributed by atoms with Crippen molar-refractivity contribution in [2.24, 2.45) is 0 Å². The summed E-state index contributed by atoms with van der Waals surface area (Å²) in [4.78, 5) is 13.2. The lowest BCUT2D eigenvalue weighted by Crippen LogP contribution is -2.13. The molecular weight excluding hydrogens is 386 g/mol. The number of ether oxygens (including phenoxy) is 2. The number of methoxy groups -OCH3 is 1. The topological polar surface area (TPSA) is 40.5 Å². The molecule has 4 nitrogen and oxygen atoms in total. The molecule has 0 aliphatic carbocycles. The molecule has 1 aromatic heterocycles. The molecule has 0 saturated carbocycles. The number of nitrogens with zero attached hydrogens (tertiary/aromatic N) is 1. The highest BCUT2D eigenvalue weighted by Crippen LogP contribution is 2.25. The highest BCUT2D eigenvalue weighted by Gasteiger charge is 2.16. The number of carbonyl (C=O) groups excluding carboxylic acids is 1. The molecular formula is C27H27NO3. The van der Waals surface area contributed by atoms with Gasteiger partial charge in [-0.3, -0.25) is 9.36 Å². The molecule has 0 bridgehead atoms. The molecule has 1 heterocycles. The molecule has 0 fully saturated rings. The van der Waals surface area contributed by atoms with Crippen LogP contribution in [0.3, 0.4) is 0 Å². The minimum atomic E-state index is -0.0266. The normalized spacial score (nSPS) is 10.9. The Hall–Kier alpha value is -3.53. The van der Waals surface area contributed by atoms with Crippen LogP contribution in [0, 0.1) is 6.92 Å². The Bertz CT molecular complexity index is 1210. The predicted molar refractivity (Wildman–Crippen MR) is 124 cm³/mol. The monoisotopic (exact) mass is 413 g/mol. The third-order valence-corrected chi connectivity index (χ3v) is 5.64. The van der Waals surface area contributed by atoms with Crippen LogP contribution in [-0.4, -0.2) is 24.2 Å².